The van der Waals surface area contributed by atoms with Crippen LogP contribution in [0.1, 0.15) is 16.8 Å². The number of primary amides is 1. The van der Waals surface area contributed by atoms with Crippen molar-refractivity contribution in [3.63, 3.8) is 0 Å². The molecule has 0 bridgehead atoms. The number of benzene rings is 1. The Morgan fingerprint density at radius 2 is 2.22 bits per heavy atom. The molecule has 7 heteroatoms. The van der Waals surface area contributed by atoms with Crippen molar-refractivity contribution in [1.29, 1.82) is 0 Å². The number of carbonyl (C=O) groups is 1. The summed E-state index contributed by atoms with van der Waals surface area (Å²) in [6, 6.07) is 3.04. The summed E-state index contributed by atoms with van der Waals surface area (Å²) in [4.78, 5) is 11.1. The van der Waals surface area contributed by atoms with Crippen molar-refractivity contribution in [3.05, 3.63) is 22.2 Å². The average Bonchev–Trinajstić information content (AvgIpc) is 2.34. The smallest absolute Gasteiger partial charge is 0.248 e. The van der Waals surface area contributed by atoms with Crippen LogP contribution in [0.25, 0.3) is 0 Å². The van der Waals surface area contributed by atoms with Crippen LogP contribution in [-0.4, -0.2) is 31.4 Å². The Balaban J connectivity index is 2.88. The Morgan fingerprint density at radius 3 is 2.78 bits per heavy atom. The third-order valence-electron chi connectivity index (χ3n) is 2.26. The van der Waals surface area contributed by atoms with Crippen molar-refractivity contribution in [2.75, 3.05) is 20.3 Å². The molecule has 0 radical (unpaired) electrons. The summed E-state index contributed by atoms with van der Waals surface area (Å²) in [5, 5.41) is 9.16. The standard InChI is InChI=1S/C11H15BrN2O4/c1-17-3-2-4-18-9-6-7(11(13)15)5-8(12)10(9)14-16/h5-6,14,16H,2-4H2,1H3,(H2,13,15)/p+1. The summed E-state index contributed by atoms with van der Waals surface area (Å²) < 4.78 is 10.9. The van der Waals surface area contributed by atoms with Gasteiger partial charge in [0.05, 0.1) is 11.1 Å². The fraction of sp³-hybridized carbons (Fsp3) is 0.364. The molecule has 18 heavy (non-hydrogen) atoms. The summed E-state index contributed by atoms with van der Waals surface area (Å²) in [5.41, 5.74) is 6.91. The Bertz CT molecular complexity index is 426. The number of ether oxygens (including phenoxy) is 2. The molecule has 1 amide bonds. The van der Waals surface area contributed by atoms with Gasteiger partial charge in [-0.25, -0.2) is 5.21 Å². The van der Waals surface area contributed by atoms with Gasteiger partial charge in [0.15, 0.2) is 5.75 Å². The highest BCUT2D eigenvalue weighted by molar-refractivity contribution is 9.10. The van der Waals surface area contributed by atoms with E-state index >= 15 is 0 Å². The van der Waals surface area contributed by atoms with E-state index in [2.05, 4.69) is 15.9 Å². The highest BCUT2D eigenvalue weighted by Crippen LogP contribution is 2.30. The second-order valence-corrected chi connectivity index (χ2v) is 4.41. The van der Waals surface area contributed by atoms with Crippen molar-refractivity contribution < 1.29 is 25.0 Å². The predicted octanol–water partition coefficient (Wildman–Crippen LogP) is 0.547. The predicted molar refractivity (Wildman–Crippen MR) is 68.0 cm³/mol. The van der Waals surface area contributed by atoms with E-state index < -0.39 is 5.91 Å². The van der Waals surface area contributed by atoms with E-state index in [9.17, 15) is 4.79 Å². The number of quaternary nitrogens is 1. The minimum atomic E-state index is -0.554. The largest absolute Gasteiger partial charge is 0.487 e. The zero-order valence-electron chi connectivity index (χ0n) is 9.98. The Kier molecular flexibility index (Phi) is 6.06. The molecule has 0 saturated heterocycles. The summed E-state index contributed by atoms with van der Waals surface area (Å²) in [6.07, 6.45) is 0.708. The third kappa shape index (κ3) is 3.95. The second-order valence-electron chi connectivity index (χ2n) is 3.56. The van der Waals surface area contributed by atoms with E-state index in [4.69, 9.17) is 20.4 Å². The maximum absolute atomic E-state index is 11.1. The maximum Gasteiger partial charge on any atom is 0.248 e. The van der Waals surface area contributed by atoms with Crippen LogP contribution in [0.5, 0.6) is 5.75 Å². The third-order valence-corrected chi connectivity index (χ3v) is 2.91. The molecule has 0 saturated carbocycles. The number of rotatable bonds is 7. The molecule has 0 aliphatic heterocycles. The molecule has 0 fully saturated rings. The number of amides is 1. The monoisotopic (exact) mass is 319 g/mol. The van der Waals surface area contributed by atoms with Gasteiger partial charge in [-0.1, -0.05) is 0 Å². The van der Waals surface area contributed by atoms with Crippen LogP contribution in [0.4, 0.5) is 5.69 Å². The molecule has 0 atom stereocenters. The molecular weight excluding hydrogens is 304 g/mol. The molecule has 5 N–H and O–H groups in total. The van der Waals surface area contributed by atoms with E-state index in [-0.39, 0.29) is 0 Å². The summed E-state index contributed by atoms with van der Waals surface area (Å²) in [6.45, 7) is 0.998. The van der Waals surface area contributed by atoms with Gasteiger partial charge in [-0.2, -0.15) is 5.48 Å². The average molecular weight is 320 g/mol. The molecule has 1 aromatic carbocycles. The van der Waals surface area contributed by atoms with Crippen LogP contribution in [-0.2, 0) is 4.74 Å². The van der Waals surface area contributed by atoms with Crippen molar-refractivity contribution in [3.8, 4) is 5.75 Å². The van der Waals surface area contributed by atoms with Gasteiger partial charge >= 0.3 is 0 Å². The Morgan fingerprint density at radius 1 is 1.50 bits per heavy atom. The van der Waals surface area contributed by atoms with Crippen LogP contribution in [0.3, 0.4) is 0 Å². The van der Waals surface area contributed by atoms with Gasteiger partial charge in [0.2, 0.25) is 11.6 Å². The fourth-order valence-corrected chi connectivity index (χ4v) is 1.91. The first-order valence-corrected chi connectivity index (χ1v) is 6.12. The molecule has 0 spiro atoms. The Hall–Kier alpha value is -1.15. The van der Waals surface area contributed by atoms with Gasteiger partial charge in [0, 0.05) is 25.7 Å². The van der Waals surface area contributed by atoms with Crippen LogP contribution in [0.2, 0.25) is 0 Å². The number of hydrogen-bond donors (Lipinski definition) is 3. The molecule has 1 aromatic rings. The minimum Gasteiger partial charge on any atom is -0.487 e. The lowest BCUT2D eigenvalue weighted by Gasteiger charge is -2.10. The van der Waals surface area contributed by atoms with E-state index in [1.54, 1.807) is 7.11 Å². The number of hydrogen-bond acceptors (Lipinski definition) is 4. The van der Waals surface area contributed by atoms with Gasteiger partial charge in [-0.3, -0.25) is 4.79 Å². The maximum atomic E-state index is 11.1. The zero-order chi connectivity index (χ0) is 13.5. The molecule has 0 unspecified atom stereocenters. The van der Waals surface area contributed by atoms with Gasteiger partial charge in [0.1, 0.15) is 0 Å². The van der Waals surface area contributed by atoms with Crippen LogP contribution < -0.4 is 16.0 Å². The molecule has 0 aromatic heterocycles. The number of methoxy groups -OCH3 is 1. The summed E-state index contributed by atoms with van der Waals surface area (Å²) in [5.74, 6) is -0.154. The number of halogens is 1. The first-order valence-electron chi connectivity index (χ1n) is 5.32. The molecule has 0 aliphatic carbocycles. The van der Waals surface area contributed by atoms with E-state index in [0.29, 0.717) is 41.1 Å². The van der Waals surface area contributed by atoms with Crippen molar-refractivity contribution in [2.45, 2.75) is 6.42 Å². The fourth-order valence-electron chi connectivity index (χ4n) is 1.36. The van der Waals surface area contributed by atoms with Crippen molar-refractivity contribution >= 4 is 27.5 Å². The van der Waals surface area contributed by atoms with Gasteiger partial charge in [-0.15, -0.1) is 0 Å². The topological polar surface area (TPSA) is 98.4 Å². The molecular formula is C11H16BrN2O4+. The second kappa shape index (κ2) is 7.32. The van der Waals surface area contributed by atoms with Gasteiger partial charge in [0.25, 0.3) is 0 Å². The van der Waals surface area contributed by atoms with Crippen molar-refractivity contribution in [1.82, 2.24) is 0 Å². The molecule has 0 heterocycles. The van der Waals surface area contributed by atoms with Crippen LogP contribution >= 0.6 is 15.9 Å². The number of carbonyl (C=O) groups excluding carboxylic acids is 1. The molecule has 100 valence electrons. The lowest BCUT2D eigenvalue weighted by Crippen LogP contribution is -2.74. The van der Waals surface area contributed by atoms with E-state index in [0.717, 1.165) is 5.48 Å². The lowest BCUT2D eigenvalue weighted by atomic mass is 10.2. The quantitative estimate of drug-likeness (QED) is 0.388. The molecule has 6 nitrogen and oxygen atoms in total. The molecule has 0 aliphatic rings. The normalized spacial score (nSPS) is 10.4. The Labute approximate surface area is 113 Å². The SMILES string of the molecule is COCCCOc1cc(C(N)=O)cc(Br)c1[NH2+]O. The number of nitrogens with two attached hydrogens (primary N) is 2. The van der Waals surface area contributed by atoms with Crippen molar-refractivity contribution in [2.24, 2.45) is 5.73 Å². The highest BCUT2D eigenvalue weighted by Gasteiger charge is 2.16. The minimum absolute atomic E-state index is 0.314. The zero-order valence-corrected chi connectivity index (χ0v) is 11.6. The molecule has 1 rings (SSSR count). The highest BCUT2D eigenvalue weighted by atomic mass is 79.9. The van der Waals surface area contributed by atoms with Crippen LogP contribution in [0, 0.1) is 0 Å². The summed E-state index contributed by atoms with van der Waals surface area (Å²) in [7, 11) is 1.61. The lowest BCUT2D eigenvalue weighted by molar-refractivity contribution is -0.826. The van der Waals surface area contributed by atoms with Gasteiger partial charge in [-0.05, 0) is 28.1 Å². The summed E-state index contributed by atoms with van der Waals surface area (Å²) >= 11 is 3.25. The van der Waals surface area contributed by atoms with E-state index in [1.807, 2.05) is 0 Å². The first-order chi connectivity index (χ1) is 8.60. The van der Waals surface area contributed by atoms with E-state index in [1.165, 1.54) is 12.1 Å². The van der Waals surface area contributed by atoms with Gasteiger partial charge < -0.3 is 15.2 Å². The first kappa shape index (κ1) is 14.9. The van der Waals surface area contributed by atoms with Crippen LogP contribution in [0.15, 0.2) is 16.6 Å².